The Morgan fingerprint density at radius 1 is 0.755 bits per heavy atom. The number of aromatic nitrogens is 4. The second kappa shape index (κ2) is 14.7. The van der Waals surface area contributed by atoms with Crippen LogP contribution in [0.1, 0.15) is 83.5 Å². The second-order valence-corrected chi connectivity index (χ2v) is 13.7. The van der Waals surface area contributed by atoms with Crippen molar-refractivity contribution in [2.45, 2.75) is 74.3 Å². The Labute approximate surface area is 303 Å². The molecule has 6 atom stereocenters. The number of rotatable bonds is 11. The van der Waals surface area contributed by atoms with Crippen molar-refractivity contribution in [3.8, 4) is 0 Å². The molecule has 0 saturated carbocycles. The molecule has 0 amide bonds. The third kappa shape index (κ3) is 7.34. The minimum atomic E-state index is -4.99. The van der Waals surface area contributed by atoms with Crippen LogP contribution < -0.4 is 0 Å². The monoisotopic (exact) mass is 735 g/mol. The minimum absolute atomic E-state index is 0.0306. The van der Waals surface area contributed by atoms with E-state index in [9.17, 15) is 26.3 Å². The number of aryl methyl sites for hydroxylation is 1. The number of fused-ring (bicyclic) bond motifs is 2. The molecule has 7 nitrogen and oxygen atoms in total. The standard InChI is InChI=1S/C40H39F6N5O2/c1-26(27-12-6-3-7-13-27)51-34-18-19-35(38(51,30-16-10-5-11-17-30)25-33(34)37-47-49-50(2)48-37)52-20-21-53-36(28-14-8-4-9-15-28)29-22-31(39(41,42)43)24-32(23-29)40(44,45)46/h3-17,22-24,26,33-36H,18-21,25H2,1-2H3/t26?,33-,34+,35-,36?,38-/m0/s1. The highest BCUT2D eigenvalue weighted by molar-refractivity contribution is 5.39. The van der Waals surface area contributed by atoms with Crippen molar-refractivity contribution in [1.29, 1.82) is 0 Å². The fourth-order valence-electron chi connectivity index (χ4n) is 8.40. The molecule has 3 heterocycles. The van der Waals surface area contributed by atoms with Crippen molar-refractivity contribution in [3.63, 3.8) is 0 Å². The second-order valence-electron chi connectivity index (χ2n) is 13.7. The number of piperidine rings is 1. The number of alkyl halides is 6. The van der Waals surface area contributed by atoms with Gasteiger partial charge >= 0.3 is 12.4 Å². The first-order valence-corrected chi connectivity index (χ1v) is 17.6. The number of nitrogens with zero attached hydrogens (tertiary/aromatic N) is 5. The van der Waals surface area contributed by atoms with Gasteiger partial charge in [0.1, 0.15) is 6.10 Å². The van der Waals surface area contributed by atoms with E-state index in [1.54, 1.807) is 37.4 Å². The van der Waals surface area contributed by atoms with Gasteiger partial charge in [-0.15, -0.1) is 10.2 Å². The van der Waals surface area contributed by atoms with E-state index in [2.05, 4.69) is 51.5 Å². The van der Waals surface area contributed by atoms with Crippen molar-refractivity contribution in [1.82, 2.24) is 25.1 Å². The number of halogens is 6. The van der Waals surface area contributed by atoms with Crippen molar-refractivity contribution in [3.05, 3.63) is 148 Å². The molecule has 2 fully saturated rings. The molecule has 13 heteroatoms. The summed E-state index contributed by atoms with van der Waals surface area (Å²) in [6, 6.07) is 30.3. The molecule has 0 aliphatic carbocycles. The fourth-order valence-corrected chi connectivity index (χ4v) is 8.40. The molecule has 0 radical (unpaired) electrons. The number of benzene rings is 4. The zero-order valence-corrected chi connectivity index (χ0v) is 29.1. The van der Waals surface area contributed by atoms with Gasteiger partial charge in [0.15, 0.2) is 5.82 Å². The molecular formula is C40H39F6N5O2. The average Bonchev–Trinajstić information content (AvgIpc) is 3.69. The van der Waals surface area contributed by atoms with Gasteiger partial charge in [-0.2, -0.15) is 31.1 Å². The molecule has 2 unspecified atom stereocenters. The highest BCUT2D eigenvalue weighted by Crippen LogP contribution is 2.59. The quantitative estimate of drug-likeness (QED) is 0.0997. The predicted octanol–water partition coefficient (Wildman–Crippen LogP) is 9.05. The Bertz CT molecular complexity index is 1940. The molecule has 2 aliphatic heterocycles. The summed E-state index contributed by atoms with van der Waals surface area (Å²) in [6.45, 7) is 2.14. The first-order valence-electron chi connectivity index (χ1n) is 17.6. The van der Waals surface area contributed by atoms with Crippen LogP contribution in [0, 0.1) is 0 Å². The van der Waals surface area contributed by atoms with Crippen molar-refractivity contribution < 1.29 is 35.8 Å². The molecule has 5 aromatic rings. The van der Waals surface area contributed by atoms with Crippen LogP contribution in [-0.4, -0.2) is 50.5 Å². The van der Waals surface area contributed by atoms with Gasteiger partial charge in [0.25, 0.3) is 0 Å². The number of tetrazole rings is 1. The zero-order chi connectivity index (χ0) is 37.4. The van der Waals surface area contributed by atoms with Crippen LogP contribution in [-0.2, 0) is 34.4 Å². The van der Waals surface area contributed by atoms with Gasteiger partial charge in [-0.3, -0.25) is 4.90 Å². The Morgan fingerprint density at radius 2 is 1.34 bits per heavy atom. The normalized spacial score (nSPS) is 23.2. The summed E-state index contributed by atoms with van der Waals surface area (Å²) < 4.78 is 96.1. The maximum absolute atomic E-state index is 13.9. The summed E-state index contributed by atoms with van der Waals surface area (Å²) in [4.78, 5) is 4.00. The smallest absolute Gasteiger partial charge is 0.374 e. The Hall–Kier alpha value is -4.59. The molecule has 2 bridgehead atoms. The van der Waals surface area contributed by atoms with Crippen LogP contribution in [0.4, 0.5) is 26.3 Å². The van der Waals surface area contributed by atoms with Gasteiger partial charge in [0.2, 0.25) is 0 Å². The highest BCUT2D eigenvalue weighted by Gasteiger charge is 2.62. The third-order valence-corrected chi connectivity index (χ3v) is 10.6. The third-order valence-electron chi connectivity index (χ3n) is 10.6. The number of ether oxygens (including phenoxy) is 2. The summed E-state index contributed by atoms with van der Waals surface area (Å²) >= 11 is 0. The topological polar surface area (TPSA) is 65.3 Å². The van der Waals surface area contributed by atoms with Crippen LogP contribution in [0.15, 0.2) is 109 Å². The van der Waals surface area contributed by atoms with Crippen molar-refractivity contribution >= 4 is 0 Å². The summed E-state index contributed by atoms with van der Waals surface area (Å²) in [5, 5.41) is 13.2. The first kappa shape index (κ1) is 36.8. The average molecular weight is 736 g/mol. The van der Waals surface area contributed by atoms with Crippen LogP contribution >= 0.6 is 0 Å². The SMILES string of the molecule is CC(c1ccccc1)N1[C@@H]2CC[C@H](OCCOC(c3ccccc3)c3cc(C(F)(F)F)cc(C(F)(F)F)c3)[C@@]1(c1ccccc1)C[C@@H]2c1nnn(C)n1. The summed E-state index contributed by atoms with van der Waals surface area (Å²) in [5.74, 6) is 0.612. The largest absolute Gasteiger partial charge is 0.416 e. The molecule has 0 N–H and O–H groups in total. The Kier molecular flexibility index (Phi) is 10.2. The lowest BCUT2D eigenvalue weighted by molar-refractivity contribution is -0.143. The van der Waals surface area contributed by atoms with E-state index in [-0.39, 0.29) is 48.9 Å². The van der Waals surface area contributed by atoms with Gasteiger partial charge < -0.3 is 9.47 Å². The molecule has 278 valence electrons. The van der Waals surface area contributed by atoms with E-state index >= 15 is 0 Å². The first-order chi connectivity index (χ1) is 25.4. The minimum Gasteiger partial charge on any atom is -0.374 e. The van der Waals surface area contributed by atoms with Gasteiger partial charge in [-0.25, -0.2) is 0 Å². The van der Waals surface area contributed by atoms with Crippen LogP contribution in [0.2, 0.25) is 0 Å². The maximum atomic E-state index is 13.9. The molecule has 4 aromatic carbocycles. The highest BCUT2D eigenvalue weighted by atomic mass is 19.4. The van der Waals surface area contributed by atoms with Gasteiger partial charge in [0, 0.05) is 18.0 Å². The molecule has 2 saturated heterocycles. The number of hydrogen-bond donors (Lipinski definition) is 0. The fraction of sp³-hybridized carbons (Fsp3) is 0.375. The molecule has 53 heavy (non-hydrogen) atoms. The van der Waals surface area contributed by atoms with Gasteiger partial charge in [-0.05, 0) is 71.9 Å². The predicted molar refractivity (Wildman–Crippen MR) is 184 cm³/mol. The molecule has 1 aromatic heterocycles. The van der Waals surface area contributed by atoms with Crippen LogP contribution in [0.5, 0.6) is 0 Å². The van der Waals surface area contributed by atoms with E-state index in [1.165, 1.54) is 4.80 Å². The van der Waals surface area contributed by atoms with Crippen molar-refractivity contribution in [2.75, 3.05) is 13.2 Å². The maximum Gasteiger partial charge on any atom is 0.416 e. The van der Waals surface area contributed by atoms with E-state index < -0.39 is 35.1 Å². The van der Waals surface area contributed by atoms with E-state index in [1.807, 2.05) is 36.4 Å². The molecular weight excluding hydrogens is 696 g/mol. The zero-order valence-electron chi connectivity index (χ0n) is 29.1. The lowest BCUT2D eigenvalue weighted by Gasteiger charge is -2.52. The summed E-state index contributed by atoms with van der Waals surface area (Å²) in [6.07, 6.45) is -9.43. The summed E-state index contributed by atoms with van der Waals surface area (Å²) in [7, 11) is 1.74. The molecule has 2 aliphatic rings. The van der Waals surface area contributed by atoms with Gasteiger partial charge in [0.05, 0.1) is 43.0 Å². The van der Waals surface area contributed by atoms with Crippen LogP contribution in [0.3, 0.4) is 0 Å². The molecule has 0 spiro atoms. The van der Waals surface area contributed by atoms with Gasteiger partial charge in [-0.1, -0.05) is 91.0 Å². The van der Waals surface area contributed by atoms with E-state index in [0.717, 1.165) is 29.7 Å². The Morgan fingerprint density at radius 3 is 1.91 bits per heavy atom. The Balaban J connectivity index is 1.21. The lowest BCUT2D eigenvalue weighted by atomic mass is 9.77. The van der Waals surface area contributed by atoms with E-state index in [0.29, 0.717) is 24.2 Å². The summed E-state index contributed by atoms with van der Waals surface area (Å²) in [5.41, 5.74) is -1.06. The van der Waals surface area contributed by atoms with Crippen molar-refractivity contribution in [2.24, 2.45) is 7.05 Å². The van der Waals surface area contributed by atoms with Crippen LogP contribution in [0.25, 0.3) is 0 Å². The lowest BCUT2D eigenvalue weighted by Crippen LogP contribution is -2.57. The molecule has 7 rings (SSSR count). The number of hydrogen-bond acceptors (Lipinski definition) is 6. The van der Waals surface area contributed by atoms with E-state index in [4.69, 9.17) is 9.47 Å².